The third kappa shape index (κ3) is 3.71. The summed E-state index contributed by atoms with van der Waals surface area (Å²) in [5, 5.41) is 9.69. The second-order valence-electron chi connectivity index (χ2n) is 4.35. The maximum atomic E-state index is 9.69. The Bertz CT molecular complexity index is 540. The molecule has 0 spiro atoms. The predicted octanol–water partition coefficient (Wildman–Crippen LogP) is 3.72. The van der Waals surface area contributed by atoms with Gasteiger partial charge in [0.2, 0.25) is 0 Å². The van der Waals surface area contributed by atoms with Crippen molar-refractivity contribution in [3.05, 3.63) is 48.3 Å². The van der Waals surface area contributed by atoms with E-state index in [1.807, 2.05) is 38.1 Å². The van der Waals surface area contributed by atoms with Gasteiger partial charge >= 0.3 is 0 Å². The molecular formula is C16H19NO3. The van der Waals surface area contributed by atoms with Gasteiger partial charge in [-0.15, -0.1) is 0 Å². The molecule has 0 bridgehead atoms. The van der Waals surface area contributed by atoms with Crippen LogP contribution in [-0.2, 0) is 0 Å². The monoisotopic (exact) mass is 273 g/mol. The predicted molar refractivity (Wildman–Crippen MR) is 77.2 cm³/mol. The molecule has 0 aliphatic heterocycles. The summed E-state index contributed by atoms with van der Waals surface area (Å²) in [5.41, 5.74) is 0.655. The molecule has 1 unspecified atom stereocenters. The second kappa shape index (κ2) is 6.91. The van der Waals surface area contributed by atoms with E-state index in [0.29, 0.717) is 30.2 Å². The van der Waals surface area contributed by atoms with Crippen molar-refractivity contribution in [1.82, 2.24) is 4.98 Å². The Morgan fingerprint density at radius 1 is 1.10 bits per heavy atom. The Hall–Kier alpha value is -2.07. The highest BCUT2D eigenvalue weighted by Gasteiger charge is 2.06. The number of benzene rings is 1. The van der Waals surface area contributed by atoms with Crippen LogP contribution in [0.4, 0.5) is 0 Å². The second-order valence-corrected chi connectivity index (χ2v) is 4.35. The molecule has 1 atom stereocenters. The minimum atomic E-state index is -0.523. The van der Waals surface area contributed by atoms with Crippen LogP contribution in [0.25, 0.3) is 0 Å². The van der Waals surface area contributed by atoms with E-state index < -0.39 is 6.10 Å². The lowest BCUT2D eigenvalue weighted by atomic mass is 10.2. The van der Waals surface area contributed by atoms with Gasteiger partial charge in [0.15, 0.2) is 0 Å². The molecule has 0 fully saturated rings. The first-order valence-electron chi connectivity index (χ1n) is 6.77. The molecule has 0 aliphatic carbocycles. The Morgan fingerprint density at radius 3 is 2.55 bits per heavy atom. The van der Waals surface area contributed by atoms with Crippen molar-refractivity contribution in [3.8, 4) is 17.2 Å². The van der Waals surface area contributed by atoms with Gasteiger partial charge in [-0.3, -0.25) is 4.98 Å². The molecule has 20 heavy (non-hydrogen) atoms. The largest absolute Gasteiger partial charge is 0.494 e. The van der Waals surface area contributed by atoms with Gasteiger partial charge in [-0.05, 0) is 37.6 Å². The summed E-state index contributed by atoms with van der Waals surface area (Å²) in [6.45, 7) is 4.47. The molecule has 0 saturated heterocycles. The molecule has 106 valence electrons. The Labute approximate surface area is 119 Å². The number of aliphatic hydroxyl groups excluding tert-OH is 1. The number of aliphatic hydroxyl groups is 1. The Balaban J connectivity index is 2.08. The SMILES string of the molecule is CCOc1cccc(Oc2ccc(C(O)CC)nc2)c1. The molecule has 2 rings (SSSR count). The van der Waals surface area contributed by atoms with E-state index in [1.54, 1.807) is 18.3 Å². The van der Waals surface area contributed by atoms with Gasteiger partial charge in [-0.25, -0.2) is 0 Å². The van der Waals surface area contributed by atoms with Crippen molar-refractivity contribution in [2.75, 3.05) is 6.61 Å². The average molecular weight is 273 g/mol. The van der Waals surface area contributed by atoms with Crippen LogP contribution in [0, 0.1) is 0 Å². The number of hydrogen-bond donors (Lipinski definition) is 1. The van der Waals surface area contributed by atoms with Crippen LogP contribution in [0.2, 0.25) is 0 Å². The normalized spacial score (nSPS) is 11.9. The molecule has 1 heterocycles. The van der Waals surface area contributed by atoms with Crippen LogP contribution in [0.5, 0.6) is 17.2 Å². The highest BCUT2D eigenvalue weighted by molar-refractivity contribution is 5.36. The summed E-state index contributed by atoms with van der Waals surface area (Å²) < 4.78 is 11.1. The van der Waals surface area contributed by atoms with E-state index >= 15 is 0 Å². The van der Waals surface area contributed by atoms with Crippen molar-refractivity contribution < 1.29 is 14.6 Å². The Kier molecular flexibility index (Phi) is 4.96. The van der Waals surface area contributed by atoms with Gasteiger partial charge in [-0.1, -0.05) is 13.0 Å². The number of aromatic nitrogens is 1. The van der Waals surface area contributed by atoms with Crippen LogP contribution in [-0.4, -0.2) is 16.7 Å². The standard InChI is InChI=1S/C16H19NO3/c1-3-16(18)15-9-8-14(11-17-15)20-13-7-5-6-12(10-13)19-4-2/h5-11,16,18H,3-4H2,1-2H3. The van der Waals surface area contributed by atoms with Crippen molar-refractivity contribution >= 4 is 0 Å². The molecule has 4 nitrogen and oxygen atoms in total. The van der Waals surface area contributed by atoms with Crippen LogP contribution < -0.4 is 9.47 Å². The van der Waals surface area contributed by atoms with Gasteiger partial charge < -0.3 is 14.6 Å². The van der Waals surface area contributed by atoms with Crippen molar-refractivity contribution in [2.24, 2.45) is 0 Å². The number of pyridine rings is 1. The maximum absolute atomic E-state index is 9.69. The third-order valence-corrected chi connectivity index (χ3v) is 2.84. The topological polar surface area (TPSA) is 51.6 Å². The zero-order chi connectivity index (χ0) is 14.4. The van der Waals surface area contributed by atoms with E-state index in [0.717, 1.165) is 5.75 Å². The summed E-state index contributed by atoms with van der Waals surface area (Å²) in [4.78, 5) is 4.20. The van der Waals surface area contributed by atoms with E-state index in [9.17, 15) is 5.11 Å². The summed E-state index contributed by atoms with van der Waals surface area (Å²) in [5.74, 6) is 2.10. The van der Waals surface area contributed by atoms with Crippen LogP contribution >= 0.6 is 0 Å². The molecule has 4 heteroatoms. The summed E-state index contributed by atoms with van der Waals surface area (Å²) in [6.07, 6.45) is 1.73. The molecule has 0 aliphatic rings. The van der Waals surface area contributed by atoms with Gasteiger partial charge in [-0.2, -0.15) is 0 Å². The van der Waals surface area contributed by atoms with Gasteiger partial charge in [0, 0.05) is 6.07 Å². The van der Waals surface area contributed by atoms with E-state index in [2.05, 4.69) is 4.98 Å². The van der Waals surface area contributed by atoms with Crippen molar-refractivity contribution in [1.29, 1.82) is 0 Å². The molecule has 0 saturated carbocycles. The van der Waals surface area contributed by atoms with Crippen LogP contribution in [0.15, 0.2) is 42.6 Å². The highest BCUT2D eigenvalue weighted by Crippen LogP contribution is 2.25. The minimum Gasteiger partial charge on any atom is -0.494 e. The third-order valence-electron chi connectivity index (χ3n) is 2.84. The fourth-order valence-corrected chi connectivity index (χ4v) is 1.79. The molecule has 1 aromatic heterocycles. The molecule has 1 aromatic carbocycles. The lowest BCUT2D eigenvalue weighted by molar-refractivity contribution is 0.169. The molecule has 1 N–H and O–H groups in total. The molecule has 2 aromatic rings. The zero-order valence-corrected chi connectivity index (χ0v) is 11.7. The van der Waals surface area contributed by atoms with Crippen molar-refractivity contribution in [2.45, 2.75) is 26.4 Å². The molecule has 0 amide bonds. The van der Waals surface area contributed by atoms with E-state index in [1.165, 1.54) is 0 Å². The molecular weight excluding hydrogens is 254 g/mol. The maximum Gasteiger partial charge on any atom is 0.145 e. The summed E-state index contributed by atoms with van der Waals surface area (Å²) in [6, 6.07) is 11.0. The van der Waals surface area contributed by atoms with Gasteiger partial charge in [0.05, 0.1) is 24.6 Å². The van der Waals surface area contributed by atoms with E-state index in [-0.39, 0.29) is 0 Å². The first kappa shape index (κ1) is 14.3. The zero-order valence-electron chi connectivity index (χ0n) is 11.7. The lowest BCUT2D eigenvalue weighted by Crippen LogP contribution is -1.98. The fraction of sp³-hybridized carbons (Fsp3) is 0.312. The average Bonchev–Trinajstić information content (AvgIpc) is 2.48. The number of ether oxygens (including phenoxy) is 2. The highest BCUT2D eigenvalue weighted by atomic mass is 16.5. The molecule has 0 radical (unpaired) electrons. The number of hydrogen-bond acceptors (Lipinski definition) is 4. The lowest BCUT2D eigenvalue weighted by Gasteiger charge is -2.10. The van der Waals surface area contributed by atoms with E-state index in [4.69, 9.17) is 9.47 Å². The number of rotatable bonds is 6. The van der Waals surface area contributed by atoms with Gasteiger partial charge in [0.25, 0.3) is 0 Å². The Morgan fingerprint density at radius 2 is 1.90 bits per heavy atom. The smallest absolute Gasteiger partial charge is 0.145 e. The van der Waals surface area contributed by atoms with Crippen LogP contribution in [0.3, 0.4) is 0 Å². The summed E-state index contributed by atoms with van der Waals surface area (Å²) in [7, 11) is 0. The summed E-state index contributed by atoms with van der Waals surface area (Å²) >= 11 is 0. The first-order chi connectivity index (χ1) is 9.72. The fourth-order valence-electron chi connectivity index (χ4n) is 1.79. The quantitative estimate of drug-likeness (QED) is 0.871. The van der Waals surface area contributed by atoms with Crippen molar-refractivity contribution in [3.63, 3.8) is 0 Å². The number of nitrogens with zero attached hydrogens (tertiary/aromatic N) is 1. The van der Waals surface area contributed by atoms with Gasteiger partial charge in [0.1, 0.15) is 17.2 Å². The van der Waals surface area contributed by atoms with Crippen LogP contribution in [0.1, 0.15) is 32.1 Å². The first-order valence-corrected chi connectivity index (χ1v) is 6.77. The minimum absolute atomic E-state index is 0.523.